The second-order valence-electron chi connectivity index (χ2n) is 7.27. The van der Waals surface area contributed by atoms with Gasteiger partial charge in [0.25, 0.3) is 0 Å². The highest BCUT2D eigenvalue weighted by Gasteiger charge is 2.23. The van der Waals surface area contributed by atoms with Crippen molar-refractivity contribution >= 4 is 21.6 Å². The Kier molecular flexibility index (Phi) is 5.51. The molecule has 1 fully saturated rings. The lowest BCUT2D eigenvalue weighted by atomic mass is 10.1. The summed E-state index contributed by atoms with van der Waals surface area (Å²) in [7, 11) is 0. The smallest absolute Gasteiger partial charge is 0.128 e. The Morgan fingerprint density at radius 1 is 1.00 bits per heavy atom. The van der Waals surface area contributed by atoms with E-state index < -0.39 is 0 Å². The van der Waals surface area contributed by atoms with Crippen molar-refractivity contribution in [2.24, 2.45) is 0 Å². The largest absolute Gasteiger partial charge is 0.366 e. The summed E-state index contributed by atoms with van der Waals surface area (Å²) < 4.78 is 16.9. The standard InChI is InChI=1S/C22H24BrFN4/c1-16-22(17(2)28(25-16)20-6-4-3-5-7-20)27-12-10-26(11-13-27)15-18-8-9-19(23)14-21(18)24/h3-9,14H,10-13,15H2,1-2H3. The molecule has 1 aliphatic heterocycles. The quantitative estimate of drug-likeness (QED) is 0.584. The van der Waals surface area contributed by atoms with Crippen molar-refractivity contribution in [2.75, 3.05) is 31.1 Å². The van der Waals surface area contributed by atoms with Gasteiger partial charge in [-0.3, -0.25) is 4.90 Å². The molecular weight excluding hydrogens is 419 g/mol. The number of rotatable bonds is 4. The van der Waals surface area contributed by atoms with Crippen LogP contribution in [0.25, 0.3) is 5.69 Å². The average Bonchev–Trinajstić information content (AvgIpc) is 3.00. The molecule has 0 atom stereocenters. The van der Waals surface area contributed by atoms with Gasteiger partial charge in [-0.15, -0.1) is 0 Å². The zero-order valence-electron chi connectivity index (χ0n) is 16.2. The molecule has 0 spiro atoms. The minimum Gasteiger partial charge on any atom is -0.366 e. The molecule has 0 unspecified atom stereocenters. The van der Waals surface area contributed by atoms with Gasteiger partial charge < -0.3 is 4.90 Å². The number of aromatic nitrogens is 2. The third kappa shape index (κ3) is 3.84. The van der Waals surface area contributed by atoms with Crippen LogP contribution in [0.3, 0.4) is 0 Å². The Hall–Kier alpha value is -2.18. The van der Waals surface area contributed by atoms with E-state index in [-0.39, 0.29) is 5.82 Å². The molecule has 1 aliphatic rings. The molecule has 2 aromatic carbocycles. The van der Waals surface area contributed by atoms with Gasteiger partial charge in [0.2, 0.25) is 0 Å². The second-order valence-corrected chi connectivity index (χ2v) is 8.18. The summed E-state index contributed by atoms with van der Waals surface area (Å²) >= 11 is 3.32. The van der Waals surface area contributed by atoms with E-state index in [9.17, 15) is 4.39 Å². The first kappa shape index (κ1) is 19.2. The maximum Gasteiger partial charge on any atom is 0.128 e. The van der Waals surface area contributed by atoms with Gasteiger partial charge in [0.15, 0.2) is 0 Å². The van der Waals surface area contributed by atoms with E-state index in [1.165, 1.54) is 11.8 Å². The number of para-hydroxylation sites is 1. The highest BCUT2D eigenvalue weighted by Crippen LogP contribution is 2.28. The second kappa shape index (κ2) is 8.05. The van der Waals surface area contributed by atoms with Crippen molar-refractivity contribution in [3.63, 3.8) is 0 Å². The molecule has 0 saturated carbocycles. The Labute approximate surface area is 173 Å². The summed E-state index contributed by atoms with van der Waals surface area (Å²) in [5.74, 6) is -0.146. The van der Waals surface area contributed by atoms with Crippen LogP contribution in [-0.4, -0.2) is 40.9 Å². The highest BCUT2D eigenvalue weighted by molar-refractivity contribution is 9.10. The van der Waals surface area contributed by atoms with E-state index in [1.807, 2.05) is 35.0 Å². The maximum atomic E-state index is 14.1. The van der Waals surface area contributed by atoms with Crippen LogP contribution in [0.1, 0.15) is 17.0 Å². The Bertz CT molecular complexity index is 962. The van der Waals surface area contributed by atoms with Crippen LogP contribution in [0.15, 0.2) is 53.0 Å². The molecule has 6 heteroatoms. The Morgan fingerprint density at radius 3 is 2.39 bits per heavy atom. The number of aryl methyl sites for hydroxylation is 1. The minimum atomic E-state index is -0.146. The molecule has 4 rings (SSSR count). The number of hydrogen-bond donors (Lipinski definition) is 0. The molecule has 0 bridgehead atoms. The van der Waals surface area contributed by atoms with Crippen molar-refractivity contribution in [3.8, 4) is 5.69 Å². The highest BCUT2D eigenvalue weighted by atomic mass is 79.9. The third-order valence-electron chi connectivity index (χ3n) is 5.35. The van der Waals surface area contributed by atoms with Gasteiger partial charge in [-0.05, 0) is 38.1 Å². The summed E-state index contributed by atoms with van der Waals surface area (Å²) in [5, 5.41) is 4.77. The van der Waals surface area contributed by atoms with Crippen molar-refractivity contribution in [2.45, 2.75) is 20.4 Å². The predicted octanol–water partition coefficient (Wildman–Crippen LogP) is 4.71. The van der Waals surface area contributed by atoms with E-state index in [2.05, 4.69) is 51.7 Å². The van der Waals surface area contributed by atoms with Crippen LogP contribution in [-0.2, 0) is 6.54 Å². The van der Waals surface area contributed by atoms with Crippen LogP contribution in [0.2, 0.25) is 0 Å². The Morgan fingerprint density at radius 2 is 1.71 bits per heavy atom. The first-order valence-electron chi connectivity index (χ1n) is 9.56. The van der Waals surface area contributed by atoms with Crippen molar-refractivity contribution < 1.29 is 4.39 Å². The summed E-state index contributed by atoms with van der Waals surface area (Å²) in [6.45, 7) is 8.50. The van der Waals surface area contributed by atoms with Crippen LogP contribution >= 0.6 is 15.9 Å². The molecule has 0 amide bonds. The number of piperazine rings is 1. The summed E-state index contributed by atoms with van der Waals surface area (Å²) in [5.41, 5.74) is 5.27. The monoisotopic (exact) mass is 442 g/mol. The zero-order chi connectivity index (χ0) is 19.7. The van der Waals surface area contributed by atoms with Crippen LogP contribution in [0.5, 0.6) is 0 Å². The summed E-state index contributed by atoms with van der Waals surface area (Å²) in [6, 6.07) is 15.5. The molecule has 0 N–H and O–H groups in total. The lowest BCUT2D eigenvalue weighted by Gasteiger charge is -2.36. The third-order valence-corrected chi connectivity index (χ3v) is 5.84. The fourth-order valence-corrected chi connectivity index (χ4v) is 4.27. The lowest BCUT2D eigenvalue weighted by molar-refractivity contribution is 0.246. The maximum absolute atomic E-state index is 14.1. The fraction of sp³-hybridized carbons (Fsp3) is 0.318. The number of nitrogens with zero attached hydrogens (tertiary/aromatic N) is 4. The molecule has 3 aromatic rings. The van der Waals surface area contributed by atoms with E-state index in [1.54, 1.807) is 0 Å². The van der Waals surface area contributed by atoms with E-state index in [0.29, 0.717) is 6.54 Å². The van der Waals surface area contributed by atoms with Gasteiger partial charge in [0.1, 0.15) is 5.82 Å². The molecule has 1 aromatic heterocycles. The molecule has 146 valence electrons. The van der Waals surface area contributed by atoms with Crippen LogP contribution in [0.4, 0.5) is 10.1 Å². The molecule has 0 radical (unpaired) electrons. The number of hydrogen-bond acceptors (Lipinski definition) is 3. The number of benzene rings is 2. The van der Waals surface area contributed by atoms with E-state index >= 15 is 0 Å². The van der Waals surface area contributed by atoms with Crippen molar-refractivity contribution in [3.05, 3.63) is 75.8 Å². The zero-order valence-corrected chi connectivity index (χ0v) is 17.8. The summed E-state index contributed by atoms with van der Waals surface area (Å²) in [6.07, 6.45) is 0. The van der Waals surface area contributed by atoms with Gasteiger partial charge in [0.05, 0.1) is 22.8 Å². The SMILES string of the molecule is Cc1nn(-c2ccccc2)c(C)c1N1CCN(Cc2ccc(Br)cc2F)CC1. The van der Waals surface area contributed by atoms with E-state index in [4.69, 9.17) is 5.10 Å². The van der Waals surface area contributed by atoms with Crippen molar-refractivity contribution in [1.29, 1.82) is 0 Å². The first-order chi connectivity index (χ1) is 13.5. The average molecular weight is 443 g/mol. The number of halogens is 2. The van der Waals surface area contributed by atoms with Crippen molar-refractivity contribution in [1.82, 2.24) is 14.7 Å². The number of anilines is 1. The summed E-state index contributed by atoms with van der Waals surface area (Å²) in [4.78, 5) is 4.72. The molecule has 2 heterocycles. The molecule has 0 aliphatic carbocycles. The molecule has 1 saturated heterocycles. The van der Waals surface area contributed by atoms with Gasteiger partial charge >= 0.3 is 0 Å². The van der Waals surface area contributed by atoms with Gasteiger partial charge in [-0.1, -0.05) is 40.2 Å². The van der Waals surface area contributed by atoms with Crippen LogP contribution < -0.4 is 4.90 Å². The molecule has 4 nitrogen and oxygen atoms in total. The fourth-order valence-electron chi connectivity index (χ4n) is 3.93. The van der Waals surface area contributed by atoms with Gasteiger partial charge in [0, 0.05) is 42.8 Å². The molecule has 28 heavy (non-hydrogen) atoms. The van der Waals surface area contributed by atoms with Crippen LogP contribution in [0, 0.1) is 19.7 Å². The minimum absolute atomic E-state index is 0.146. The van der Waals surface area contributed by atoms with Gasteiger partial charge in [-0.2, -0.15) is 5.10 Å². The van der Waals surface area contributed by atoms with Gasteiger partial charge in [-0.25, -0.2) is 9.07 Å². The Balaban J connectivity index is 1.46. The topological polar surface area (TPSA) is 24.3 Å². The predicted molar refractivity (Wildman–Crippen MR) is 115 cm³/mol. The molecular formula is C22H24BrFN4. The first-order valence-corrected chi connectivity index (χ1v) is 10.3. The lowest BCUT2D eigenvalue weighted by Crippen LogP contribution is -2.46. The van der Waals surface area contributed by atoms with E-state index in [0.717, 1.165) is 53.3 Å². The normalized spacial score (nSPS) is 15.2.